The van der Waals surface area contributed by atoms with Crippen molar-refractivity contribution < 1.29 is 9.90 Å². The molecule has 2 aliphatic heterocycles. The van der Waals surface area contributed by atoms with Crippen LogP contribution in [0.1, 0.15) is 18.4 Å². The Hall–Kier alpha value is -1.43. The highest BCUT2D eigenvalue weighted by Gasteiger charge is 2.47. The Labute approximate surface area is 144 Å². The van der Waals surface area contributed by atoms with Crippen LogP contribution < -0.4 is 5.32 Å². The second-order valence-corrected chi connectivity index (χ2v) is 7.31. The number of carbonyl (C=O) groups excluding carboxylic acids is 1. The molecular formula is C19H29N3O2. The number of amides is 1. The molecule has 0 radical (unpaired) electrons. The molecule has 24 heavy (non-hydrogen) atoms. The molecule has 5 heteroatoms. The van der Waals surface area contributed by atoms with Gasteiger partial charge in [0.25, 0.3) is 0 Å². The summed E-state index contributed by atoms with van der Waals surface area (Å²) in [5.41, 5.74) is 1.49. The average Bonchev–Trinajstić information content (AvgIpc) is 2.93. The highest BCUT2D eigenvalue weighted by Crippen LogP contribution is 2.44. The molecule has 1 aromatic rings. The zero-order valence-corrected chi connectivity index (χ0v) is 14.6. The monoisotopic (exact) mass is 331 g/mol. The van der Waals surface area contributed by atoms with Crippen LogP contribution in [0.5, 0.6) is 0 Å². The molecule has 2 fully saturated rings. The molecule has 1 spiro atoms. The van der Waals surface area contributed by atoms with Gasteiger partial charge in [-0.2, -0.15) is 0 Å². The lowest BCUT2D eigenvalue weighted by atomic mass is 9.71. The number of aliphatic hydroxyl groups excluding tert-OH is 1. The SMILES string of the molecule is CNCC(=O)N1CCC2(CC1)CN(Cc1ccccc1)CC2CO. The molecule has 2 aliphatic rings. The van der Waals surface area contributed by atoms with Gasteiger partial charge >= 0.3 is 0 Å². The van der Waals surface area contributed by atoms with Gasteiger partial charge in [-0.15, -0.1) is 0 Å². The fourth-order valence-corrected chi connectivity index (χ4v) is 4.39. The zero-order chi connectivity index (χ0) is 17.0. The summed E-state index contributed by atoms with van der Waals surface area (Å²) in [5, 5.41) is 12.9. The molecular weight excluding hydrogens is 302 g/mol. The third kappa shape index (κ3) is 3.63. The van der Waals surface area contributed by atoms with Gasteiger partial charge in [0.05, 0.1) is 6.54 Å². The number of hydrogen-bond acceptors (Lipinski definition) is 4. The molecule has 1 atom stereocenters. The fourth-order valence-electron chi connectivity index (χ4n) is 4.39. The maximum atomic E-state index is 12.1. The number of benzene rings is 1. The zero-order valence-electron chi connectivity index (χ0n) is 14.6. The van der Waals surface area contributed by atoms with E-state index >= 15 is 0 Å². The quantitative estimate of drug-likeness (QED) is 0.843. The van der Waals surface area contributed by atoms with Gasteiger partial charge in [-0.1, -0.05) is 30.3 Å². The minimum Gasteiger partial charge on any atom is -0.396 e. The maximum Gasteiger partial charge on any atom is 0.236 e. The van der Waals surface area contributed by atoms with Gasteiger partial charge in [-0.3, -0.25) is 9.69 Å². The highest BCUT2D eigenvalue weighted by molar-refractivity contribution is 5.78. The number of likely N-dealkylation sites (N-methyl/N-ethyl adjacent to an activating group) is 1. The van der Waals surface area contributed by atoms with Crippen molar-refractivity contribution in [1.82, 2.24) is 15.1 Å². The van der Waals surface area contributed by atoms with E-state index in [0.29, 0.717) is 12.5 Å². The summed E-state index contributed by atoms with van der Waals surface area (Å²) in [6.07, 6.45) is 2.00. The van der Waals surface area contributed by atoms with Gasteiger partial charge in [0, 0.05) is 45.2 Å². The number of nitrogens with zero attached hydrogens (tertiary/aromatic N) is 2. The van der Waals surface area contributed by atoms with Gasteiger partial charge in [-0.05, 0) is 30.9 Å². The Bertz CT molecular complexity index is 541. The molecule has 0 aromatic heterocycles. The number of hydrogen-bond donors (Lipinski definition) is 2. The Balaban J connectivity index is 1.62. The molecule has 1 unspecified atom stereocenters. The number of carbonyl (C=O) groups is 1. The summed E-state index contributed by atoms with van der Waals surface area (Å²) in [6.45, 7) is 5.22. The predicted molar refractivity (Wildman–Crippen MR) is 94.5 cm³/mol. The van der Waals surface area contributed by atoms with E-state index in [9.17, 15) is 9.90 Å². The van der Waals surface area contributed by atoms with Crippen molar-refractivity contribution in [3.63, 3.8) is 0 Å². The fraction of sp³-hybridized carbons (Fsp3) is 0.632. The number of nitrogens with one attached hydrogen (secondary N) is 1. The second-order valence-electron chi connectivity index (χ2n) is 7.31. The predicted octanol–water partition coefficient (Wildman–Crippen LogP) is 0.939. The van der Waals surface area contributed by atoms with Crippen molar-refractivity contribution in [2.45, 2.75) is 19.4 Å². The minimum atomic E-state index is 0.167. The van der Waals surface area contributed by atoms with Crippen molar-refractivity contribution in [2.24, 2.45) is 11.3 Å². The molecule has 2 N–H and O–H groups in total. The molecule has 132 valence electrons. The van der Waals surface area contributed by atoms with Crippen LogP contribution >= 0.6 is 0 Å². The van der Waals surface area contributed by atoms with Crippen molar-refractivity contribution in [3.8, 4) is 0 Å². The van der Waals surface area contributed by atoms with Crippen LogP contribution in [-0.4, -0.2) is 67.2 Å². The standard InChI is InChI=1S/C19H29N3O2/c1-20-11-18(24)22-9-7-19(8-10-22)15-21(13-17(19)14-23)12-16-5-3-2-4-6-16/h2-6,17,20,23H,7-15H2,1H3. The van der Waals surface area contributed by atoms with Crippen LogP contribution in [0.25, 0.3) is 0 Å². The molecule has 0 bridgehead atoms. The van der Waals surface area contributed by atoms with Gasteiger partial charge in [0.1, 0.15) is 0 Å². The van der Waals surface area contributed by atoms with Crippen LogP contribution in [0.3, 0.4) is 0 Å². The normalized spacial score (nSPS) is 23.8. The van der Waals surface area contributed by atoms with Crippen LogP contribution in [0, 0.1) is 11.3 Å². The van der Waals surface area contributed by atoms with Gasteiger partial charge in [0.15, 0.2) is 0 Å². The molecule has 1 aromatic carbocycles. The van der Waals surface area contributed by atoms with Crippen LogP contribution in [0.2, 0.25) is 0 Å². The van der Waals surface area contributed by atoms with E-state index in [1.54, 1.807) is 0 Å². The largest absolute Gasteiger partial charge is 0.396 e. The third-order valence-electron chi connectivity index (χ3n) is 5.79. The van der Waals surface area contributed by atoms with Crippen LogP contribution in [-0.2, 0) is 11.3 Å². The summed E-state index contributed by atoms with van der Waals surface area (Å²) < 4.78 is 0. The molecule has 2 heterocycles. The highest BCUT2D eigenvalue weighted by atomic mass is 16.3. The van der Waals surface area contributed by atoms with E-state index in [0.717, 1.165) is 45.6 Å². The average molecular weight is 331 g/mol. The summed E-state index contributed by atoms with van der Waals surface area (Å²) in [4.78, 5) is 16.5. The van der Waals surface area contributed by atoms with Gasteiger partial charge < -0.3 is 15.3 Å². The lowest BCUT2D eigenvalue weighted by Crippen LogP contribution is -2.48. The van der Waals surface area contributed by atoms with Crippen molar-refractivity contribution >= 4 is 5.91 Å². The smallest absolute Gasteiger partial charge is 0.236 e. The van der Waals surface area contributed by atoms with Crippen molar-refractivity contribution in [3.05, 3.63) is 35.9 Å². The first-order valence-electron chi connectivity index (χ1n) is 8.96. The Morgan fingerprint density at radius 1 is 1.29 bits per heavy atom. The lowest BCUT2D eigenvalue weighted by molar-refractivity contribution is -0.132. The lowest BCUT2D eigenvalue weighted by Gasteiger charge is -2.42. The molecule has 3 rings (SSSR count). The van der Waals surface area contributed by atoms with Crippen LogP contribution in [0.15, 0.2) is 30.3 Å². The van der Waals surface area contributed by atoms with Crippen molar-refractivity contribution in [1.29, 1.82) is 0 Å². The van der Waals surface area contributed by atoms with E-state index < -0.39 is 0 Å². The topological polar surface area (TPSA) is 55.8 Å². The molecule has 1 amide bonds. The van der Waals surface area contributed by atoms with E-state index in [-0.39, 0.29) is 17.9 Å². The van der Waals surface area contributed by atoms with Crippen molar-refractivity contribution in [2.75, 3.05) is 46.4 Å². The third-order valence-corrected chi connectivity index (χ3v) is 5.79. The number of likely N-dealkylation sites (tertiary alicyclic amines) is 2. The number of piperidine rings is 1. The Morgan fingerprint density at radius 2 is 2.00 bits per heavy atom. The van der Waals surface area contributed by atoms with E-state index in [1.807, 2.05) is 18.0 Å². The first-order valence-corrected chi connectivity index (χ1v) is 8.96. The Kier molecular flexibility index (Phi) is 5.54. The number of aliphatic hydroxyl groups is 1. The first kappa shape index (κ1) is 17.4. The molecule has 2 saturated heterocycles. The summed E-state index contributed by atoms with van der Waals surface area (Å²) in [5.74, 6) is 0.509. The van der Waals surface area contributed by atoms with Gasteiger partial charge in [0.2, 0.25) is 5.91 Å². The first-order chi connectivity index (χ1) is 11.7. The van der Waals surface area contributed by atoms with E-state index in [2.05, 4.69) is 34.5 Å². The summed E-state index contributed by atoms with van der Waals surface area (Å²) in [7, 11) is 1.81. The van der Waals surface area contributed by atoms with Gasteiger partial charge in [-0.25, -0.2) is 0 Å². The second kappa shape index (κ2) is 7.64. The molecule has 0 aliphatic carbocycles. The Morgan fingerprint density at radius 3 is 2.62 bits per heavy atom. The summed E-state index contributed by atoms with van der Waals surface area (Å²) >= 11 is 0. The van der Waals surface area contributed by atoms with E-state index in [1.165, 1.54) is 5.56 Å². The molecule has 0 saturated carbocycles. The minimum absolute atomic E-state index is 0.167. The summed E-state index contributed by atoms with van der Waals surface area (Å²) in [6, 6.07) is 10.5. The number of rotatable bonds is 5. The van der Waals surface area contributed by atoms with Crippen LogP contribution in [0.4, 0.5) is 0 Å². The van der Waals surface area contributed by atoms with E-state index in [4.69, 9.17) is 0 Å². The maximum absolute atomic E-state index is 12.1. The molecule has 5 nitrogen and oxygen atoms in total.